The van der Waals surface area contributed by atoms with Crippen molar-refractivity contribution < 1.29 is 9.34 Å². The minimum absolute atomic E-state index is 0.112. The van der Waals surface area contributed by atoms with Gasteiger partial charge in [-0.15, -0.1) is 0 Å². The molecular weight excluding hydrogens is 220 g/mol. The van der Waals surface area contributed by atoms with Gasteiger partial charge in [-0.05, 0) is 18.9 Å². The fourth-order valence-electron chi connectivity index (χ4n) is 1.55. The summed E-state index contributed by atoms with van der Waals surface area (Å²) in [6, 6.07) is 6.54. The molecule has 0 radical (unpaired) electrons. The van der Waals surface area contributed by atoms with Gasteiger partial charge < -0.3 is 4.42 Å². The van der Waals surface area contributed by atoms with Crippen LogP contribution in [0.3, 0.4) is 0 Å². The van der Waals surface area contributed by atoms with Crippen molar-refractivity contribution in [2.75, 3.05) is 0 Å². The Balaban J connectivity index is 1.97. The normalized spacial score (nSPS) is 10.4. The highest BCUT2D eigenvalue weighted by Crippen LogP contribution is 2.13. The van der Waals surface area contributed by atoms with E-state index in [2.05, 4.69) is 4.98 Å². The molecule has 0 aliphatic carbocycles. The summed E-state index contributed by atoms with van der Waals surface area (Å²) < 4.78 is 5.35. The van der Waals surface area contributed by atoms with Crippen molar-refractivity contribution in [3.63, 3.8) is 0 Å². The third-order valence-corrected chi connectivity index (χ3v) is 2.44. The Morgan fingerprint density at radius 1 is 1.29 bits per heavy atom. The minimum atomic E-state index is -0.402. The summed E-state index contributed by atoms with van der Waals surface area (Å²) in [7, 11) is 0. The SMILES string of the molecule is Cc1cnc(CCc2ccc([N+](=O)[O-])cc2)o1. The number of aromatic nitrogens is 1. The van der Waals surface area contributed by atoms with E-state index in [-0.39, 0.29) is 5.69 Å². The van der Waals surface area contributed by atoms with Crippen LogP contribution in [0.4, 0.5) is 5.69 Å². The highest BCUT2D eigenvalue weighted by Gasteiger charge is 2.05. The fourth-order valence-corrected chi connectivity index (χ4v) is 1.55. The average molecular weight is 232 g/mol. The van der Waals surface area contributed by atoms with Crippen LogP contribution in [0.1, 0.15) is 17.2 Å². The first-order valence-electron chi connectivity index (χ1n) is 5.30. The van der Waals surface area contributed by atoms with Crippen molar-refractivity contribution in [1.29, 1.82) is 0 Å². The first-order valence-corrected chi connectivity index (χ1v) is 5.30. The summed E-state index contributed by atoms with van der Waals surface area (Å²) in [5, 5.41) is 10.5. The number of oxazole rings is 1. The lowest BCUT2D eigenvalue weighted by atomic mass is 10.1. The Kier molecular flexibility index (Phi) is 3.18. The van der Waals surface area contributed by atoms with Crippen LogP contribution in [0.2, 0.25) is 0 Å². The van der Waals surface area contributed by atoms with Gasteiger partial charge in [0.05, 0.1) is 11.1 Å². The van der Waals surface area contributed by atoms with Gasteiger partial charge in [0.1, 0.15) is 5.76 Å². The molecule has 0 bridgehead atoms. The standard InChI is InChI=1S/C12H12N2O3/c1-9-8-13-12(17-9)7-4-10-2-5-11(6-3-10)14(15)16/h2-3,5-6,8H,4,7H2,1H3. The van der Waals surface area contributed by atoms with E-state index in [0.717, 1.165) is 17.7 Å². The van der Waals surface area contributed by atoms with E-state index in [4.69, 9.17) is 4.42 Å². The van der Waals surface area contributed by atoms with Crippen molar-refractivity contribution >= 4 is 5.69 Å². The van der Waals surface area contributed by atoms with E-state index >= 15 is 0 Å². The Morgan fingerprint density at radius 2 is 2.00 bits per heavy atom. The zero-order valence-electron chi connectivity index (χ0n) is 9.42. The molecule has 0 atom stereocenters. The van der Waals surface area contributed by atoms with Crippen molar-refractivity contribution in [1.82, 2.24) is 4.98 Å². The second kappa shape index (κ2) is 4.78. The van der Waals surface area contributed by atoms with Gasteiger partial charge in [-0.2, -0.15) is 0 Å². The second-order valence-electron chi connectivity index (χ2n) is 3.79. The van der Waals surface area contributed by atoms with Gasteiger partial charge in [0.25, 0.3) is 5.69 Å². The fraction of sp³-hybridized carbons (Fsp3) is 0.250. The molecule has 88 valence electrons. The van der Waals surface area contributed by atoms with Crippen molar-refractivity contribution in [3.8, 4) is 0 Å². The Morgan fingerprint density at radius 3 is 2.53 bits per heavy atom. The number of hydrogen-bond acceptors (Lipinski definition) is 4. The van der Waals surface area contributed by atoms with Crippen molar-refractivity contribution in [2.24, 2.45) is 0 Å². The maximum absolute atomic E-state index is 10.5. The zero-order valence-corrected chi connectivity index (χ0v) is 9.42. The first kappa shape index (κ1) is 11.3. The van der Waals surface area contributed by atoms with Gasteiger partial charge >= 0.3 is 0 Å². The third kappa shape index (κ3) is 2.90. The van der Waals surface area contributed by atoms with Gasteiger partial charge in [-0.25, -0.2) is 4.98 Å². The molecule has 0 fully saturated rings. The Hall–Kier alpha value is -2.17. The number of nitro benzene ring substituents is 1. The van der Waals surface area contributed by atoms with Crippen molar-refractivity contribution in [3.05, 3.63) is 57.8 Å². The van der Waals surface area contributed by atoms with E-state index in [1.54, 1.807) is 18.3 Å². The molecule has 17 heavy (non-hydrogen) atoms. The van der Waals surface area contributed by atoms with Gasteiger partial charge in [-0.3, -0.25) is 10.1 Å². The lowest BCUT2D eigenvalue weighted by Gasteiger charge is -1.98. The second-order valence-corrected chi connectivity index (χ2v) is 3.79. The summed E-state index contributed by atoms with van der Waals surface area (Å²) in [5.41, 5.74) is 1.15. The molecule has 5 heteroatoms. The monoisotopic (exact) mass is 232 g/mol. The average Bonchev–Trinajstić information content (AvgIpc) is 2.73. The molecule has 0 amide bonds. The third-order valence-electron chi connectivity index (χ3n) is 2.44. The quantitative estimate of drug-likeness (QED) is 0.600. The number of nitrogens with zero attached hydrogens (tertiary/aromatic N) is 2. The molecule has 0 N–H and O–H groups in total. The molecule has 5 nitrogen and oxygen atoms in total. The number of rotatable bonds is 4. The topological polar surface area (TPSA) is 69.2 Å². The van der Waals surface area contributed by atoms with Gasteiger partial charge in [0.15, 0.2) is 5.89 Å². The van der Waals surface area contributed by atoms with Crippen LogP contribution in [0.5, 0.6) is 0 Å². The van der Waals surface area contributed by atoms with Crippen LogP contribution in [-0.4, -0.2) is 9.91 Å². The molecule has 0 saturated heterocycles. The molecule has 0 aliphatic heterocycles. The lowest BCUT2D eigenvalue weighted by Crippen LogP contribution is -1.92. The summed E-state index contributed by atoms with van der Waals surface area (Å²) in [4.78, 5) is 14.2. The number of nitro groups is 1. The van der Waals surface area contributed by atoms with E-state index in [1.807, 2.05) is 6.92 Å². The molecule has 1 aromatic heterocycles. The summed E-state index contributed by atoms with van der Waals surface area (Å²) in [5.74, 6) is 1.49. The summed E-state index contributed by atoms with van der Waals surface area (Å²) >= 11 is 0. The van der Waals surface area contributed by atoms with Crippen molar-refractivity contribution in [2.45, 2.75) is 19.8 Å². The highest BCUT2D eigenvalue weighted by atomic mass is 16.6. The van der Waals surface area contributed by atoms with Crippen LogP contribution < -0.4 is 0 Å². The number of hydrogen-bond donors (Lipinski definition) is 0. The molecule has 1 aromatic carbocycles. The van der Waals surface area contributed by atoms with Gasteiger partial charge in [0, 0.05) is 18.6 Å². The summed E-state index contributed by atoms with van der Waals surface area (Å²) in [6.45, 7) is 1.85. The largest absolute Gasteiger partial charge is 0.446 e. The number of non-ortho nitro benzene ring substituents is 1. The van der Waals surface area contributed by atoms with Gasteiger partial charge in [-0.1, -0.05) is 12.1 Å². The summed E-state index contributed by atoms with van der Waals surface area (Å²) in [6.07, 6.45) is 3.15. The van der Waals surface area contributed by atoms with Crippen LogP contribution in [0.25, 0.3) is 0 Å². The molecule has 0 aliphatic rings. The van der Waals surface area contributed by atoms with Crippen LogP contribution in [-0.2, 0) is 12.8 Å². The molecule has 0 unspecified atom stereocenters. The number of aryl methyl sites for hydroxylation is 3. The van der Waals surface area contributed by atoms with Crippen LogP contribution >= 0.6 is 0 Å². The molecule has 2 rings (SSSR count). The van der Waals surface area contributed by atoms with E-state index in [9.17, 15) is 10.1 Å². The Bertz CT molecular complexity index is 517. The lowest BCUT2D eigenvalue weighted by molar-refractivity contribution is -0.384. The maximum Gasteiger partial charge on any atom is 0.269 e. The Labute approximate surface area is 98.3 Å². The highest BCUT2D eigenvalue weighted by molar-refractivity contribution is 5.33. The van der Waals surface area contributed by atoms with E-state index in [1.165, 1.54) is 12.1 Å². The van der Waals surface area contributed by atoms with Crippen LogP contribution in [0.15, 0.2) is 34.9 Å². The molecule has 0 saturated carbocycles. The molecule has 2 aromatic rings. The first-order chi connectivity index (χ1) is 8.15. The molecule has 1 heterocycles. The van der Waals surface area contributed by atoms with E-state index in [0.29, 0.717) is 12.3 Å². The van der Waals surface area contributed by atoms with Gasteiger partial charge in [0.2, 0.25) is 0 Å². The predicted molar refractivity (Wildman–Crippen MR) is 61.7 cm³/mol. The zero-order chi connectivity index (χ0) is 12.3. The minimum Gasteiger partial charge on any atom is -0.446 e. The van der Waals surface area contributed by atoms with E-state index < -0.39 is 4.92 Å². The molecule has 0 spiro atoms. The maximum atomic E-state index is 10.5. The predicted octanol–water partition coefficient (Wildman–Crippen LogP) is 2.68. The smallest absolute Gasteiger partial charge is 0.269 e. The number of benzene rings is 1. The molecular formula is C12H12N2O3. The van der Waals surface area contributed by atoms with Crippen LogP contribution in [0, 0.1) is 17.0 Å².